The fraction of sp³-hybridized carbons (Fsp3) is 0.900. The first-order valence-electron chi connectivity index (χ1n) is 5.41. The zero-order valence-corrected chi connectivity index (χ0v) is 9.50. The van der Waals surface area contributed by atoms with Crippen molar-refractivity contribution < 1.29 is 28.2 Å². The van der Waals surface area contributed by atoms with E-state index in [1.54, 1.807) is 0 Å². The number of rotatable bonds is 3. The lowest BCUT2D eigenvalue weighted by Gasteiger charge is -2.42. The van der Waals surface area contributed by atoms with Gasteiger partial charge in [0, 0.05) is 6.54 Å². The molecule has 0 radical (unpaired) electrons. The molecule has 0 amide bonds. The molecule has 0 bridgehead atoms. The quantitative estimate of drug-likeness (QED) is 0.796. The van der Waals surface area contributed by atoms with E-state index in [4.69, 9.17) is 10.2 Å². The van der Waals surface area contributed by atoms with Crippen LogP contribution in [0.15, 0.2) is 0 Å². The Morgan fingerprint density at radius 2 is 2.06 bits per heavy atom. The van der Waals surface area contributed by atoms with Gasteiger partial charge in [-0.15, -0.1) is 0 Å². The van der Waals surface area contributed by atoms with Crippen molar-refractivity contribution in [2.75, 3.05) is 13.1 Å². The van der Waals surface area contributed by atoms with Gasteiger partial charge in [0.25, 0.3) is 0 Å². The monoisotopic (exact) mass is 255 g/mol. The van der Waals surface area contributed by atoms with Crippen LogP contribution in [0.1, 0.15) is 26.2 Å². The maximum absolute atomic E-state index is 12.2. The number of hydrogen-bond acceptors (Lipinski definition) is 3. The van der Waals surface area contributed by atoms with Gasteiger partial charge in [-0.05, 0) is 32.7 Å². The molecule has 100 valence electrons. The molecule has 1 fully saturated rings. The lowest BCUT2D eigenvalue weighted by atomic mass is 9.88. The maximum atomic E-state index is 12.2. The summed E-state index contributed by atoms with van der Waals surface area (Å²) in [4.78, 5) is 12.3. The summed E-state index contributed by atoms with van der Waals surface area (Å²) in [6.45, 7) is 0.972. The Hall–Kier alpha value is -0.820. The zero-order valence-electron chi connectivity index (χ0n) is 9.50. The Morgan fingerprint density at radius 3 is 2.53 bits per heavy atom. The summed E-state index contributed by atoms with van der Waals surface area (Å²) >= 11 is 0. The van der Waals surface area contributed by atoms with Crippen LogP contribution in [-0.2, 0) is 4.79 Å². The SMILES string of the molecule is CC1(C(=O)O)CCCCN1CC(O)C(F)(F)F. The van der Waals surface area contributed by atoms with Crippen LogP contribution in [0.5, 0.6) is 0 Å². The number of alkyl halides is 3. The van der Waals surface area contributed by atoms with Gasteiger partial charge in [0.05, 0.1) is 0 Å². The number of piperidine rings is 1. The van der Waals surface area contributed by atoms with E-state index < -0.39 is 30.3 Å². The number of aliphatic hydroxyl groups is 1. The minimum Gasteiger partial charge on any atom is -0.480 e. The molecule has 1 rings (SSSR count). The average Bonchev–Trinajstić information content (AvgIpc) is 2.19. The number of β-amino-alcohol motifs (C(OH)–C–C–N with tert-alkyl or cyclic N) is 1. The number of halogens is 3. The molecule has 17 heavy (non-hydrogen) atoms. The van der Waals surface area contributed by atoms with E-state index in [2.05, 4.69) is 0 Å². The summed E-state index contributed by atoms with van der Waals surface area (Å²) in [6.07, 6.45) is -5.60. The summed E-state index contributed by atoms with van der Waals surface area (Å²) < 4.78 is 36.7. The first-order chi connectivity index (χ1) is 7.68. The molecule has 1 saturated heterocycles. The predicted molar refractivity (Wildman–Crippen MR) is 53.5 cm³/mol. The second kappa shape index (κ2) is 4.81. The molecule has 2 N–H and O–H groups in total. The van der Waals surface area contributed by atoms with Crippen LogP contribution < -0.4 is 0 Å². The third-order valence-electron chi connectivity index (χ3n) is 3.27. The number of hydrogen-bond donors (Lipinski definition) is 2. The van der Waals surface area contributed by atoms with Crippen molar-refractivity contribution in [3.05, 3.63) is 0 Å². The van der Waals surface area contributed by atoms with Crippen molar-refractivity contribution in [3.63, 3.8) is 0 Å². The topological polar surface area (TPSA) is 60.8 Å². The second-order valence-electron chi connectivity index (χ2n) is 4.54. The minimum absolute atomic E-state index is 0.260. The lowest BCUT2D eigenvalue weighted by molar-refractivity contribution is -0.214. The molecule has 1 aliphatic heterocycles. The van der Waals surface area contributed by atoms with E-state index >= 15 is 0 Å². The molecule has 0 spiro atoms. The Kier molecular flexibility index (Phi) is 4.03. The van der Waals surface area contributed by atoms with Crippen LogP contribution in [-0.4, -0.2) is 52.0 Å². The van der Waals surface area contributed by atoms with Crippen molar-refractivity contribution >= 4 is 5.97 Å². The molecule has 0 aromatic heterocycles. The van der Waals surface area contributed by atoms with E-state index in [0.29, 0.717) is 19.3 Å². The van der Waals surface area contributed by atoms with Gasteiger partial charge in [0.1, 0.15) is 5.54 Å². The summed E-state index contributed by atoms with van der Waals surface area (Å²) in [5, 5.41) is 18.1. The van der Waals surface area contributed by atoms with Crippen LogP contribution in [0.4, 0.5) is 13.2 Å². The van der Waals surface area contributed by atoms with Crippen LogP contribution in [0.3, 0.4) is 0 Å². The molecule has 1 heterocycles. The largest absolute Gasteiger partial charge is 0.480 e. The highest BCUT2D eigenvalue weighted by Gasteiger charge is 2.46. The van der Waals surface area contributed by atoms with Gasteiger partial charge < -0.3 is 10.2 Å². The van der Waals surface area contributed by atoms with E-state index in [-0.39, 0.29) is 6.54 Å². The van der Waals surface area contributed by atoms with E-state index in [9.17, 15) is 18.0 Å². The van der Waals surface area contributed by atoms with Crippen LogP contribution >= 0.6 is 0 Å². The standard InChI is InChI=1S/C10H16F3NO3/c1-9(8(16)17)4-2-3-5-14(9)6-7(15)10(11,12)13/h7,15H,2-6H2,1H3,(H,16,17). The highest BCUT2D eigenvalue weighted by molar-refractivity contribution is 5.78. The molecular weight excluding hydrogens is 239 g/mol. The summed E-state index contributed by atoms with van der Waals surface area (Å²) in [5.74, 6) is -1.15. The number of carboxylic acids is 1. The zero-order chi connectivity index (χ0) is 13.3. The number of carbonyl (C=O) groups is 1. The van der Waals surface area contributed by atoms with Crippen LogP contribution in [0.25, 0.3) is 0 Å². The third-order valence-corrected chi connectivity index (χ3v) is 3.27. The third kappa shape index (κ3) is 3.10. The Bertz CT molecular complexity index is 295. The van der Waals surface area contributed by atoms with Crippen LogP contribution in [0.2, 0.25) is 0 Å². The van der Waals surface area contributed by atoms with Crippen molar-refractivity contribution in [2.45, 2.75) is 44.0 Å². The number of likely N-dealkylation sites (tertiary alicyclic amines) is 1. The molecule has 2 atom stereocenters. The van der Waals surface area contributed by atoms with E-state index in [1.807, 2.05) is 0 Å². The fourth-order valence-corrected chi connectivity index (χ4v) is 2.02. The van der Waals surface area contributed by atoms with Gasteiger partial charge in [-0.1, -0.05) is 0 Å². The smallest absolute Gasteiger partial charge is 0.415 e. The van der Waals surface area contributed by atoms with Gasteiger partial charge in [-0.3, -0.25) is 9.69 Å². The first kappa shape index (κ1) is 14.2. The van der Waals surface area contributed by atoms with Crippen molar-refractivity contribution in [1.82, 2.24) is 4.90 Å². The normalized spacial score (nSPS) is 29.0. The van der Waals surface area contributed by atoms with Gasteiger partial charge in [0.2, 0.25) is 0 Å². The van der Waals surface area contributed by atoms with Crippen molar-refractivity contribution in [3.8, 4) is 0 Å². The number of aliphatic hydroxyl groups excluding tert-OH is 1. The average molecular weight is 255 g/mol. The molecule has 0 aliphatic carbocycles. The lowest BCUT2D eigenvalue weighted by Crippen LogP contribution is -2.58. The Labute approximate surface area is 97.0 Å². The summed E-state index contributed by atoms with van der Waals surface area (Å²) in [6, 6.07) is 0. The molecular formula is C10H16F3NO3. The summed E-state index contributed by atoms with van der Waals surface area (Å²) in [5.41, 5.74) is -1.32. The molecule has 0 saturated carbocycles. The van der Waals surface area contributed by atoms with Gasteiger partial charge in [-0.25, -0.2) is 0 Å². The highest BCUT2D eigenvalue weighted by atomic mass is 19.4. The first-order valence-corrected chi connectivity index (χ1v) is 5.41. The highest BCUT2D eigenvalue weighted by Crippen LogP contribution is 2.30. The Morgan fingerprint density at radius 1 is 1.47 bits per heavy atom. The molecule has 7 heteroatoms. The van der Waals surface area contributed by atoms with Gasteiger partial charge >= 0.3 is 12.1 Å². The summed E-state index contributed by atoms with van der Waals surface area (Å²) in [7, 11) is 0. The van der Waals surface area contributed by atoms with E-state index in [0.717, 1.165) is 0 Å². The molecule has 4 nitrogen and oxygen atoms in total. The number of carboxylic acid groups (broad SMARTS) is 1. The fourth-order valence-electron chi connectivity index (χ4n) is 2.02. The number of nitrogens with zero attached hydrogens (tertiary/aromatic N) is 1. The van der Waals surface area contributed by atoms with Crippen LogP contribution in [0, 0.1) is 0 Å². The molecule has 2 unspecified atom stereocenters. The molecule has 0 aromatic carbocycles. The van der Waals surface area contributed by atoms with E-state index in [1.165, 1.54) is 11.8 Å². The van der Waals surface area contributed by atoms with Gasteiger partial charge in [0.15, 0.2) is 6.10 Å². The Balaban J connectivity index is 2.77. The molecule has 0 aromatic rings. The second-order valence-corrected chi connectivity index (χ2v) is 4.54. The minimum atomic E-state index is -4.71. The molecule has 1 aliphatic rings. The van der Waals surface area contributed by atoms with Crippen molar-refractivity contribution in [2.24, 2.45) is 0 Å². The predicted octanol–water partition coefficient (Wildman–Crippen LogP) is 1.24. The van der Waals surface area contributed by atoms with Crippen molar-refractivity contribution in [1.29, 1.82) is 0 Å². The maximum Gasteiger partial charge on any atom is 0.415 e. The number of aliphatic carboxylic acids is 1. The van der Waals surface area contributed by atoms with Gasteiger partial charge in [-0.2, -0.15) is 13.2 Å².